The Bertz CT molecular complexity index is 1200. The van der Waals surface area contributed by atoms with Gasteiger partial charge in [-0.25, -0.2) is 0 Å². The van der Waals surface area contributed by atoms with Crippen molar-refractivity contribution in [2.75, 3.05) is 33.4 Å². The summed E-state index contributed by atoms with van der Waals surface area (Å²) in [6.07, 6.45) is 1.04. The van der Waals surface area contributed by atoms with Gasteiger partial charge in [-0.1, -0.05) is 18.2 Å². The van der Waals surface area contributed by atoms with Crippen LogP contribution in [-0.4, -0.2) is 70.2 Å². The van der Waals surface area contributed by atoms with Crippen LogP contribution in [0.3, 0.4) is 0 Å². The largest absolute Gasteiger partial charge is 0.490 e. The summed E-state index contributed by atoms with van der Waals surface area (Å²) in [5.74, 6) is 2.54. The molecular formula is C26H32N6O2. The summed E-state index contributed by atoms with van der Waals surface area (Å²) >= 11 is 0. The van der Waals surface area contributed by atoms with E-state index in [9.17, 15) is 0 Å². The van der Waals surface area contributed by atoms with E-state index in [-0.39, 0.29) is 6.04 Å². The van der Waals surface area contributed by atoms with Crippen molar-refractivity contribution in [2.45, 2.75) is 45.7 Å². The first-order chi connectivity index (χ1) is 16.6. The van der Waals surface area contributed by atoms with E-state index in [4.69, 9.17) is 14.5 Å². The highest BCUT2D eigenvalue weighted by Crippen LogP contribution is 2.42. The third-order valence-corrected chi connectivity index (χ3v) is 6.57. The van der Waals surface area contributed by atoms with E-state index < -0.39 is 0 Å². The highest BCUT2D eigenvalue weighted by Gasteiger charge is 2.36. The van der Waals surface area contributed by atoms with E-state index in [0.29, 0.717) is 31.5 Å². The van der Waals surface area contributed by atoms with Crippen molar-refractivity contribution >= 4 is 5.71 Å². The highest BCUT2D eigenvalue weighted by atomic mass is 16.5. The third-order valence-electron chi connectivity index (χ3n) is 6.57. The fourth-order valence-electron chi connectivity index (χ4n) is 4.95. The Kier molecular flexibility index (Phi) is 6.32. The zero-order valence-corrected chi connectivity index (χ0v) is 20.4. The Morgan fingerprint density at radius 1 is 1.00 bits per heavy atom. The van der Waals surface area contributed by atoms with Crippen molar-refractivity contribution in [3.63, 3.8) is 0 Å². The van der Waals surface area contributed by atoms with Gasteiger partial charge in [-0.05, 0) is 69.8 Å². The fourth-order valence-corrected chi connectivity index (χ4v) is 4.95. The van der Waals surface area contributed by atoms with Crippen LogP contribution in [0.5, 0.6) is 11.5 Å². The molecule has 2 aliphatic rings. The molecule has 5 rings (SSSR count). The summed E-state index contributed by atoms with van der Waals surface area (Å²) in [5.41, 5.74) is 5.38. The van der Waals surface area contributed by atoms with Crippen LogP contribution >= 0.6 is 0 Å². The Labute approximate surface area is 200 Å². The molecule has 0 bridgehead atoms. The molecule has 34 heavy (non-hydrogen) atoms. The summed E-state index contributed by atoms with van der Waals surface area (Å²) in [6.45, 7) is 9.90. The summed E-state index contributed by atoms with van der Waals surface area (Å²) < 4.78 is 12.0. The molecule has 3 heterocycles. The molecule has 2 aliphatic heterocycles. The van der Waals surface area contributed by atoms with Crippen molar-refractivity contribution in [2.24, 2.45) is 4.99 Å². The number of aliphatic imine (C=N–C) groups is 1. The molecule has 0 amide bonds. The number of aryl methyl sites for hydroxylation is 1. The first-order valence-electron chi connectivity index (χ1n) is 12.2. The number of hydrogen-bond acceptors (Lipinski definition) is 7. The van der Waals surface area contributed by atoms with Crippen LogP contribution in [0.15, 0.2) is 41.4 Å². The molecule has 8 nitrogen and oxygen atoms in total. The number of tetrazole rings is 1. The molecule has 178 valence electrons. The molecule has 2 atom stereocenters. The van der Waals surface area contributed by atoms with Gasteiger partial charge in [-0.3, -0.25) is 4.99 Å². The van der Waals surface area contributed by atoms with Gasteiger partial charge in [0, 0.05) is 29.2 Å². The standard InChI is InChI=1S/C26H32N6O2/c1-5-32-29-26(28-30-32)18-10-8-9-17(13-18)25-20-15-24(34-7-3)23(33-6-2)14-19(20)21-16-31(4)12-11-22(21)27-25/h8-10,13-15,21-22H,5-7,11-12,16H2,1-4H3. The lowest BCUT2D eigenvalue weighted by Gasteiger charge is -2.39. The Morgan fingerprint density at radius 2 is 1.76 bits per heavy atom. The van der Waals surface area contributed by atoms with Crippen LogP contribution in [0.2, 0.25) is 0 Å². The van der Waals surface area contributed by atoms with Crippen molar-refractivity contribution in [1.29, 1.82) is 0 Å². The Balaban J connectivity index is 1.63. The van der Waals surface area contributed by atoms with Gasteiger partial charge in [0.25, 0.3) is 0 Å². The monoisotopic (exact) mass is 460 g/mol. The Hall–Kier alpha value is -3.26. The zero-order chi connectivity index (χ0) is 23.7. The molecule has 0 saturated carbocycles. The van der Waals surface area contributed by atoms with E-state index in [1.165, 1.54) is 5.56 Å². The first-order valence-corrected chi connectivity index (χ1v) is 12.2. The molecule has 8 heteroatoms. The average molecular weight is 461 g/mol. The third kappa shape index (κ3) is 4.18. The summed E-state index contributed by atoms with van der Waals surface area (Å²) in [4.78, 5) is 9.31. The van der Waals surface area contributed by atoms with Crippen molar-refractivity contribution in [1.82, 2.24) is 25.1 Å². The van der Waals surface area contributed by atoms with Gasteiger partial charge in [-0.2, -0.15) is 4.80 Å². The van der Waals surface area contributed by atoms with E-state index >= 15 is 0 Å². The predicted molar refractivity (Wildman–Crippen MR) is 132 cm³/mol. The molecule has 1 fully saturated rings. The fraction of sp³-hybridized carbons (Fsp3) is 0.462. The quantitative estimate of drug-likeness (QED) is 0.534. The maximum atomic E-state index is 5.99. The van der Waals surface area contributed by atoms with Gasteiger partial charge in [0.2, 0.25) is 5.82 Å². The molecule has 1 aromatic heterocycles. The number of aromatic nitrogens is 4. The normalized spacial score (nSPS) is 19.8. The number of fused-ring (bicyclic) bond motifs is 3. The molecule has 3 aromatic rings. The summed E-state index contributed by atoms with van der Waals surface area (Å²) in [5, 5.41) is 12.8. The lowest BCUT2D eigenvalue weighted by molar-refractivity contribution is 0.226. The number of nitrogens with zero attached hydrogens (tertiary/aromatic N) is 6. The highest BCUT2D eigenvalue weighted by molar-refractivity contribution is 6.15. The van der Waals surface area contributed by atoms with Crippen LogP contribution in [0.1, 0.15) is 49.8 Å². The molecule has 0 radical (unpaired) electrons. The second-order valence-corrected chi connectivity index (χ2v) is 8.84. The number of ether oxygens (including phenoxy) is 2. The van der Waals surface area contributed by atoms with Crippen molar-refractivity contribution < 1.29 is 9.47 Å². The van der Waals surface area contributed by atoms with Gasteiger partial charge in [-0.15, -0.1) is 10.2 Å². The minimum absolute atomic E-state index is 0.244. The number of hydrogen-bond donors (Lipinski definition) is 0. The second kappa shape index (κ2) is 9.54. The molecule has 0 spiro atoms. The second-order valence-electron chi connectivity index (χ2n) is 8.84. The van der Waals surface area contributed by atoms with E-state index in [1.807, 2.05) is 32.9 Å². The van der Waals surface area contributed by atoms with Gasteiger partial charge in [0.05, 0.1) is 31.5 Å². The topological polar surface area (TPSA) is 77.7 Å². The zero-order valence-electron chi connectivity index (χ0n) is 20.4. The minimum Gasteiger partial charge on any atom is -0.490 e. The van der Waals surface area contributed by atoms with Gasteiger partial charge < -0.3 is 14.4 Å². The number of likely N-dealkylation sites (tertiary alicyclic amines) is 1. The first kappa shape index (κ1) is 22.5. The maximum absolute atomic E-state index is 5.99. The van der Waals surface area contributed by atoms with Crippen LogP contribution in [-0.2, 0) is 6.54 Å². The lowest BCUT2D eigenvalue weighted by atomic mass is 9.79. The van der Waals surface area contributed by atoms with Crippen LogP contribution in [0, 0.1) is 0 Å². The van der Waals surface area contributed by atoms with Crippen LogP contribution in [0.25, 0.3) is 11.4 Å². The number of likely N-dealkylation sites (N-methyl/N-ethyl adjacent to an activating group) is 1. The molecule has 1 saturated heterocycles. The average Bonchev–Trinajstić information content (AvgIpc) is 3.34. The molecule has 2 aromatic carbocycles. The minimum atomic E-state index is 0.244. The van der Waals surface area contributed by atoms with Gasteiger partial charge in [0.1, 0.15) is 0 Å². The summed E-state index contributed by atoms with van der Waals surface area (Å²) in [6, 6.07) is 12.8. The van der Waals surface area contributed by atoms with Crippen LogP contribution < -0.4 is 9.47 Å². The van der Waals surface area contributed by atoms with Crippen molar-refractivity contribution in [3.8, 4) is 22.9 Å². The molecule has 2 unspecified atom stereocenters. The molecule has 0 aliphatic carbocycles. The summed E-state index contributed by atoms with van der Waals surface area (Å²) in [7, 11) is 2.19. The van der Waals surface area contributed by atoms with E-state index in [0.717, 1.165) is 53.4 Å². The maximum Gasteiger partial charge on any atom is 0.204 e. The number of benzene rings is 2. The van der Waals surface area contributed by atoms with Gasteiger partial charge >= 0.3 is 0 Å². The number of piperidine rings is 1. The van der Waals surface area contributed by atoms with E-state index in [2.05, 4.69) is 51.6 Å². The molecule has 0 N–H and O–H groups in total. The lowest BCUT2D eigenvalue weighted by Crippen LogP contribution is -2.41. The smallest absolute Gasteiger partial charge is 0.204 e. The predicted octanol–water partition coefficient (Wildman–Crippen LogP) is 3.80. The van der Waals surface area contributed by atoms with Gasteiger partial charge in [0.15, 0.2) is 11.5 Å². The van der Waals surface area contributed by atoms with Crippen LogP contribution in [0.4, 0.5) is 0 Å². The number of rotatable bonds is 7. The Morgan fingerprint density at radius 3 is 2.50 bits per heavy atom. The van der Waals surface area contributed by atoms with E-state index in [1.54, 1.807) is 4.80 Å². The SMILES string of the molecule is CCOc1cc2c(cc1OCC)C1CN(C)CCC1N=C2c1cccc(-c2nnn(CC)n2)c1. The van der Waals surface area contributed by atoms with Crippen molar-refractivity contribution in [3.05, 3.63) is 53.1 Å². The molecular weight excluding hydrogens is 428 g/mol.